The molecule has 0 aliphatic heterocycles. The van der Waals surface area contributed by atoms with Crippen LogP contribution in [-0.4, -0.2) is 24.4 Å². The summed E-state index contributed by atoms with van der Waals surface area (Å²) in [6.45, 7) is 4.76. The van der Waals surface area contributed by atoms with Crippen LogP contribution in [0.4, 0.5) is 0 Å². The number of rotatable bonds is 6. The zero-order valence-electron chi connectivity index (χ0n) is 15.3. The van der Waals surface area contributed by atoms with Gasteiger partial charge in [0.25, 0.3) is 0 Å². The van der Waals surface area contributed by atoms with Gasteiger partial charge in [0.1, 0.15) is 0 Å². The van der Waals surface area contributed by atoms with Crippen LogP contribution < -0.4 is 5.56 Å². The molecule has 0 N–H and O–H groups in total. The first-order valence-corrected chi connectivity index (χ1v) is 9.95. The second kappa shape index (κ2) is 8.81. The number of benzene rings is 2. The summed E-state index contributed by atoms with van der Waals surface area (Å²) in [5.74, 6) is 0. The Kier molecular flexibility index (Phi) is 6.45. The molecule has 0 saturated carbocycles. The summed E-state index contributed by atoms with van der Waals surface area (Å²) < 4.78 is 9.64. The second-order valence-electron chi connectivity index (χ2n) is 6.32. The Balaban J connectivity index is 2.07. The molecule has 0 atom stereocenters. The van der Waals surface area contributed by atoms with Gasteiger partial charge in [0.2, 0.25) is 0 Å². The number of nitrogens with zero attached hydrogens (tertiary/aromatic N) is 2. The molecule has 1 heterocycles. The number of ether oxygens (including phenoxy) is 1. The monoisotopic (exact) mass is 445 g/mol. The average Bonchev–Trinajstić information content (AvgIpc) is 2.68. The third-order valence-electron chi connectivity index (χ3n) is 4.38. The fraction of sp³-hybridized carbons (Fsp3) is 0.238. The summed E-state index contributed by atoms with van der Waals surface area (Å²) >= 11 is 8.33. The Hall–Kier alpha value is -1.98. The van der Waals surface area contributed by atoms with Crippen LogP contribution in [-0.2, 0) is 24.5 Å². The molecule has 4 nitrogen and oxygen atoms in total. The van der Waals surface area contributed by atoms with Crippen LogP contribution in [0.15, 0.2) is 59.4 Å². The SMILES string of the molecule is CCc1c(-c2cccc(C)c2)n(COCc2ccccc2)c(=S)n([Se])c1=O. The van der Waals surface area contributed by atoms with Crippen molar-refractivity contribution in [3.63, 3.8) is 0 Å². The van der Waals surface area contributed by atoms with Crippen molar-refractivity contribution in [1.29, 1.82) is 0 Å². The molecule has 0 fully saturated rings. The third kappa shape index (κ3) is 4.30. The molecule has 0 amide bonds. The van der Waals surface area contributed by atoms with E-state index in [0.717, 1.165) is 27.9 Å². The van der Waals surface area contributed by atoms with Gasteiger partial charge < -0.3 is 0 Å². The Bertz CT molecular complexity index is 1060. The Labute approximate surface area is 172 Å². The molecule has 3 rings (SSSR count). The van der Waals surface area contributed by atoms with Crippen LogP contribution in [0.2, 0.25) is 0 Å². The summed E-state index contributed by atoms with van der Waals surface area (Å²) in [6, 6.07) is 18.1. The van der Waals surface area contributed by atoms with E-state index in [4.69, 9.17) is 17.0 Å². The molecule has 0 spiro atoms. The molecule has 0 saturated heterocycles. The Morgan fingerprint density at radius 2 is 1.85 bits per heavy atom. The van der Waals surface area contributed by atoms with Crippen LogP contribution in [0.25, 0.3) is 11.3 Å². The van der Waals surface area contributed by atoms with Gasteiger partial charge in [0.15, 0.2) is 0 Å². The minimum absolute atomic E-state index is 0.0988. The van der Waals surface area contributed by atoms with Gasteiger partial charge in [-0.1, -0.05) is 0 Å². The third-order valence-corrected chi connectivity index (χ3v) is 5.75. The average molecular weight is 444 g/mol. The first kappa shape index (κ1) is 19.8. The van der Waals surface area contributed by atoms with E-state index in [1.165, 1.54) is 3.58 Å². The number of hydrogen-bond donors (Lipinski definition) is 0. The van der Waals surface area contributed by atoms with E-state index in [1.807, 2.05) is 66.9 Å². The fourth-order valence-corrected chi connectivity index (χ4v) is 3.73. The molecule has 2 aromatic carbocycles. The summed E-state index contributed by atoms with van der Waals surface area (Å²) in [7, 11) is 0. The zero-order chi connectivity index (χ0) is 19.4. The van der Waals surface area contributed by atoms with Crippen molar-refractivity contribution in [2.24, 2.45) is 0 Å². The van der Waals surface area contributed by atoms with E-state index in [0.29, 0.717) is 17.8 Å². The van der Waals surface area contributed by atoms with Gasteiger partial charge in [-0.3, -0.25) is 0 Å². The standard InChI is InChI=1S/C21H21N2O2SSe/c1-3-18-19(17-11-7-8-15(2)12-17)22(21(26)23(27)20(18)24)14-25-13-16-9-5-4-6-10-16/h4-12H,3,13-14H2,1-2H3. The minimum atomic E-state index is -0.0988. The number of hydrogen-bond acceptors (Lipinski definition) is 3. The van der Waals surface area contributed by atoms with Gasteiger partial charge in [0, 0.05) is 0 Å². The topological polar surface area (TPSA) is 36.2 Å². The maximum atomic E-state index is 12.8. The van der Waals surface area contributed by atoms with Crippen molar-refractivity contribution in [2.45, 2.75) is 33.6 Å². The first-order valence-electron chi connectivity index (χ1n) is 8.78. The normalized spacial score (nSPS) is 10.9. The molecular weight excluding hydrogens is 423 g/mol. The summed E-state index contributed by atoms with van der Waals surface area (Å²) in [5.41, 5.74) is 4.64. The van der Waals surface area contributed by atoms with E-state index in [-0.39, 0.29) is 12.3 Å². The molecule has 0 aliphatic carbocycles. The molecule has 139 valence electrons. The molecular formula is C21H21N2O2SSe. The molecule has 6 heteroatoms. The summed E-state index contributed by atoms with van der Waals surface area (Å²) in [5, 5.41) is 0. The van der Waals surface area contributed by atoms with Crippen molar-refractivity contribution in [3.05, 3.63) is 86.4 Å². The zero-order valence-corrected chi connectivity index (χ0v) is 17.9. The van der Waals surface area contributed by atoms with E-state index in [2.05, 4.69) is 22.3 Å². The number of aryl methyl sites for hydroxylation is 1. The van der Waals surface area contributed by atoms with Gasteiger partial charge >= 0.3 is 173 Å². The molecule has 1 radical (unpaired) electrons. The van der Waals surface area contributed by atoms with Crippen LogP contribution in [0.5, 0.6) is 0 Å². The predicted molar refractivity (Wildman–Crippen MR) is 111 cm³/mol. The molecule has 0 aliphatic rings. The van der Waals surface area contributed by atoms with Crippen molar-refractivity contribution >= 4 is 28.4 Å². The second-order valence-corrected chi connectivity index (χ2v) is 7.45. The molecule has 3 aromatic rings. The van der Waals surface area contributed by atoms with Gasteiger partial charge in [0.05, 0.1) is 0 Å². The van der Waals surface area contributed by atoms with E-state index >= 15 is 0 Å². The molecule has 1 aromatic heterocycles. The van der Waals surface area contributed by atoms with Crippen LogP contribution in [0.1, 0.15) is 23.6 Å². The Morgan fingerprint density at radius 3 is 2.52 bits per heavy atom. The Morgan fingerprint density at radius 1 is 1.11 bits per heavy atom. The first-order chi connectivity index (χ1) is 13.0. The quantitative estimate of drug-likeness (QED) is 0.426. The van der Waals surface area contributed by atoms with Crippen LogP contribution >= 0.6 is 12.2 Å². The molecule has 0 unspecified atom stereocenters. The van der Waals surface area contributed by atoms with Crippen molar-refractivity contribution in [3.8, 4) is 11.3 Å². The predicted octanol–water partition coefficient (Wildman–Crippen LogP) is 4.02. The van der Waals surface area contributed by atoms with E-state index < -0.39 is 0 Å². The van der Waals surface area contributed by atoms with Crippen molar-refractivity contribution < 1.29 is 4.74 Å². The maximum absolute atomic E-state index is 12.8. The van der Waals surface area contributed by atoms with Crippen molar-refractivity contribution in [1.82, 2.24) is 8.15 Å². The summed E-state index contributed by atoms with van der Waals surface area (Å²) in [6.07, 6.45) is 0.609. The molecule has 0 bridgehead atoms. The summed E-state index contributed by atoms with van der Waals surface area (Å²) in [4.78, 5) is 12.8. The molecule has 27 heavy (non-hydrogen) atoms. The van der Waals surface area contributed by atoms with Gasteiger partial charge in [-0.2, -0.15) is 0 Å². The fourth-order valence-electron chi connectivity index (χ4n) is 3.07. The van der Waals surface area contributed by atoms with Gasteiger partial charge in [-0.25, -0.2) is 0 Å². The van der Waals surface area contributed by atoms with E-state index in [9.17, 15) is 4.79 Å². The van der Waals surface area contributed by atoms with Crippen LogP contribution in [0, 0.1) is 11.7 Å². The van der Waals surface area contributed by atoms with E-state index in [1.54, 1.807) is 0 Å². The van der Waals surface area contributed by atoms with Crippen molar-refractivity contribution in [2.75, 3.05) is 0 Å². The van der Waals surface area contributed by atoms with Crippen LogP contribution in [0.3, 0.4) is 0 Å². The number of aromatic nitrogens is 2. The van der Waals surface area contributed by atoms with Gasteiger partial charge in [-0.15, -0.1) is 0 Å². The van der Waals surface area contributed by atoms with Gasteiger partial charge in [-0.05, 0) is 0 Å².